The summed E-state index contributed by atoms with van der Waals surface area (Å²) in [6, 6.07) is 15.5. The van der Waals surface area contributed by atoms with Crippen molar-refractivity contribution in [2.45, 2.75) is 30.8 Å². The quantitative estimate of drug-likeness (QED) is 0.603. The number of thioether (sulfide) groups is 1. The van der Waals surface area contributed by atoms with Gasteiger partial charge in [0.25, 0.3) is 0 Å². The van der Waals surface area contributed by atoms with Crippen LogP contribution in [0.5, 0.6) is 5.75 Å². The maximum absolute atomic E-state index is 13.2. The van der Waals surface area contributed by atoms with Gasteiger partial charge in [-0.25, -0.2) is 4.98 Å². The number of rotatable bonds is 7. The number of aryl methyl sites for hydroxylation is 2. The summed E-state index contributed by atoms with van der Waals surface area (Å²) in [5.41, 5.74) is 2.65. The number of benzene rings is 2. The van der Waals surface area contributed by atoms with Crippen LogP contribution in [-0.4, -0.2) is 22.6 Å². The van der Waals surface area contributed by atoms with Crippen molar-refractivity contribution in [3.8, 4) is 5.75 Å². The van der Waals surface area contributed by atoms with Gasteiger partial charge in [0, 0.05) is 18.9 Å². The van der Waals surface area contributed by atoms with E-state index in [1.165, 1.54) is 11.8 Å². The summed E-state index contributed by atoms with van der Waals surface area (Å²) in [5.74, 6) is 0.529. The highest BCUT2D eigenvalue weighted by Crippen LogP contribution is 2.36. The van der Waals surface area contributed by atoms with E-state index >= 15 is 0 Å². The largest absolute Gasteiger partial charge is 0.495 e. The first-order chi connectivity index (χ1) is 13.1. The van der Waals surface area contributed by atoms with Crippen LogP contribution in [0.4, 0.5) is 5.69 Å². The molecule has 0 aliphatic heterocycles. The van der Waals surface area contributed by atoms with Crippen LogP contribution >= 0.6 is 11.8 Å². The second kappa shape index (κ2) is 8.77. The fourth-order valence-electron chi connectivity index (χ4n) is 2.78. The van der Waals surface area contributed by atoms with Crippen LogP contribution in [0.3, 0.4) is 0 Å². The molecule has 0 bridgehead atoms. The van der Waals surface area contributed by atoms with E-state index in [1.54, 1.807) is 13.3 Å². The van der Waals surface area contributed by atoms with Crippen molar-refractivity contribution in [1.29, 1.82) is 0 Å². The van der Waals surface area contributed by atoms with Crippen LogP contribution in [0.25, 0.3) is 0 Å². The number of amides is 1. The number of aromatic nitrogens is 2. The summed E-state index contributed by atoms with van der Waals surface area (Å²) in [6.45, 7) is 4.84. The SMILES string of the molecule is CCn1ccnc1SC(C(=O)Nc1cc(C)ccc1OC)c1ccccc1. The molecule has 0 fully saturated rings. The number of nitrogens with one attached hydrogen (secondary N) is 1. The Hall–Kier alpha value is -2.73. The van der Waals surface area contributed by atoms with Crippen molar-refractivity contribution >= 4 is 23.4 Å². The average Bonchev–Trinajstić information content (AvgIpc) is 3.14. The fourth-order valence-corrected chi connectivity index (χ4v) is 3.90. The molecular weight excluding hydrogens is 358 g/mol. The minimum atomic E-state index is -0.427. The summed E-state index contributed by atoms with van der Waals surface area (Å²) in [7, 11) is 1.60. The van der Waals surface area contributed by atoms with Crippen LogP contribution in [0.15, 0.2) is 66.1 Å². The lowest BCUT2D eigenvalue weighted by molar-refractivity contribution is -0.115. The smallest absolute Gasteiger partial charge is 0.242 e. The van der Waals surface area contributed by atoms with Gasteiger partial charge in [0.2, 0.25) is 5.91 Å². The highest BCUT2D eigenvalue weighted by Gasteiger charge is 2.25. The van der Waals surface area contributed by atoms with Gasteiger partial charge in [-0.1, -0.05) is 48.2 Å². The number of nitrogens with zero attached hydrogens (tertiary/aromatic N) is 2. The molecule has 1 unspecified atom stereocenters. The Morgan fingerprint density at radius 2 is 2.04 bits per heavy atom. The van der Waals surface area contributed by atoms with E-state index in [9.17, 15) is 4.79 Å². The van der Waals surface area contributed by atoms with Gasteiger partial charge in [0.05, 0.1) is 12.8 Å². The number of carbonyl (C=O) groups excluding carboxylic acids is 1. The van der Waals surface area contributed by atoms with E-state index in [2.05, 4.69) is 17.2 Å². The Morgan fingerprint density at radius 3 is 2.74 bits per heavy atom. The Labute approximate surface area is 163 Å². The van der Waals surface area contributed by atoms with E-state index < -0.39 is 5.25 Å². The van der Waals surface area contributed by atoms with Gasteiger partial charge in [-0.15, -0.1) is 0 Å². The predicted octanol–water partition coefficient (Wildman–Crippen LogP) is 4.69. The molecule has 27 heavy (non-hydrogen) atoms. The standard InChI is InChI=1S/C21H23N3O2S/c1-4-24-13-12-22-21(24)27-19(16-8-6-5-7-9-16)20(25)23-17-14-15(2)10-11-18(17)26-3/h5-14,19H,4H2,1-3H3,(H,23,25). The third-order valence-corrected chi connectivity index (χ3v) is 5.47. The number of hydrogen-bond acceptors (Lipinski definition) is 4. The first kappa shape index (κ1) is 19.0. The molecule has 1 atom stereocenters. The van der Waals surface area contributed by atoms with Crippen LogP contribution < -0.4 is 10.1 Å². The summed E-state index contributed by atoms with van der Waals surface area (Å²) in [6.07, 6.45) is 3.68. The normalized spacial score (nSPS) is 11.8. The first-order valence-electron chi connectivity index (χ1n) is 8.80. The molecule has 3 aromatic rings. The molecule has 0 aliphatic rings. The second-order valence-corrected chi connectivity index (χ2v) is 7.17. The molecule has 0 radical (unpaired) electrons. The number of ether oxygens (including phenoxy) is 1. The van der Waals surface area contributed by atoms with Crippen LogP contribution in [0.2, 0.25) is 0 Å². The van der Waals surface area contributed by atoms with Gasteiger partial charge in [-0.05, 0) is 37.1 Å². The van der Waals surface area contributed by atoms with E-state index in [1.807, 2.05) is 66.2 Å². The molecular formula is C21H23N3O2S. The summed E-state index contributed by atoms with van der Waals surface area (Å²) in [5, 5.41) is 3.42. The van der Waals surface area contributed by atoms with E-state index in [-0.39, 0.29) is 5.91 Å². The minimum absolute atomic E-state index is 0.110. The van der Waals surface area contributed by atoms with E-state index in [4.69, 9.17) is 4.74 Å². The molecule has 1 amide bonds. The molecule has 2 aromatic carbocycles. The minimum Gasteiger partial charge on any atom is -0.495 e. The maximum Gasteiger partial charge on any atom is 0.242 e. The molecule has 1 aromatic heterocycles. The molecule has 0 aliphatic carbocycles. The van der Waals surface area contributed by atoms with Crippen molar-refractivity contribution in [1.82, 2.24) is 9.55 Å². The van der Waals surface area contributed by atoms with Crippen molar-refractivity contribution in [2.75, 3.05) is 12.4 Å². The number of anilines is 1. The lowest BCUT2D eigenvalue weighted by Crippen LogP contribution is -2.20. The van der Waals surface area contributed by atoms with Gasteiger partial charge in [0.15, 0.2) is 5.16 Å². The van der Waals surface area contributed by atoms with Crippen LogP contribution in [0, 0.1) is 6.92 Å². The zero-order chi connectivity index (χ0) is 19.2. The van der Waals surface area contributed by atoms with Crippen molar-refractivity contribution in [3.63, 3.8) is 0 Å². The van der Waals surface area contributed by atoms with Gasteiger partial charge >= 0.3 is 0 Å². The zero-order valence-corrected chi connectivity index (χ0v) is 16.5. The predicted molar refractivity (Wildman–Crippen MR) is 109 cm³/mol. The highest BCUT2D eigenvalue weighted by atomic mass is 32.2. The van der Waals surface area contributed by atoms with Gasteiger partial charge in [0.1, 0.15) is 11.0 Å². The third-order valence-electron chi connectivity index (χ3n) is 4.19. The number of carbonyl (C=O) groups is 1. The van der Waals surface area contributed by atoms with Gasteiger partial charge in [-0.3, -0.25) is 4.79 Å². The lowest BCUT2D eigenvalue weighted by Gasteiger charge is -2.18. The monoisotopic (exact) mass is 381 g/mol. The third kappa shape index (κ3) is 4.52. The second-order valence-electron chi connectivity index (χ2n) is 6.10. The molecule has 5 nitrogen and oxygen atoms in total. The Bertz CT molecular complexity index is 909. The zero-order valence-electron chi connectivity index (χ0n) is 15.7. The Kier molecular flexibility index (Phi) is 6.19. The van der Waals surface area contributed by atoms with Crippen LogP contribution in [-0.2, 0) is 11.3 Å². The molecule has 0 saturated heterocycles. The molecule has 140 valence electrons. The Morgan fingerprint density at radius 1 is 1.26 bits per heavy atom. The van der Waals surface area contributed by atoms with Crippen molar-refractivity contribution in [3.05, 3.63) is 72.1 Å². The molecule has 0 saturated carbocycles. The molecule has 1 N–H and O–H groups in total. The Balaban J connectivity index is 1.91. The molecule has 0 spiro atoms. The number of methoxy groups -OCH3 is 1. The van der Waals surface area contributed by atoms with Gasteiger partial charge < -0.3 is 14.6 Å². The molecule has 6 heteroatoms. The van der Waals surface area contributed by atoms with Gasteiger partial charge in [-0.2, -0.15) is 0 Å². The summed E-state index contributed by atoms with van der Waals surface area (Å²) in [4.78, 5) is 17.6. The maximum atomic E-state index is 13.2. The fraction of sp³-hybridized carbons (Fsp3) is 0.238. The molecule has 3 rings (SSSR count). The van der Waals surface area contributed by atoms with Crippen molar-refractivity contribution in [2.24, 2.45) is 0 Å². The molecule has 1 heterocycles. The summed E-state index contributed by atoms with van der Waals surface area (Å²) >= 11 is 1.44. The lowest BCUT2D eigenvalue weighted by atomic mass is 10.1. The van der Waals surface area contributed by atoms with E-state index in [0.717, 1.165) is 22.8 Å². The topological polar surface area (TPSA) is 56.2 Å². The van der Waals surface area contributed by atoms with Crippen LogP contribution in [0.1, 0.15) is 23.3 Å². The van der Waals surface area contributed by atoms with E-state index in [0.29, 0.717) is 11.4 Å². The van der Waals surface area contributed by atoms with Crippen molar-refractivity contribution < 1.29 is 9.53 Å². The first-order valence-corrected chi connectivity index (χ1v) is 9.68. The number of hydrogen-bond donors (Lipinski definition) is 1. The highest BCUT2D eigenvalue weighted by molar-refractivity contribution is 8.00. The average molecular weight is 382 g/mol. The number of imidazole rings is 1. The summed E-state index contributed by atoms with van der Waals surface area (Å²) < 4.78 is 7.42.